The lowest BCUT2D eigenvalue weighted by atomic mass is 10.2. The summed E-state index contributed by atoms with van der Waals surface area (Å²) in [5.74, 6) is -0.361. The van der Waals surface area contributed by atoms with Crippen LogP contribution >= 0.6 is 11.6 Å². The molecule has 140 valence electrons. The fourth-order valence-electron chi connectivity index (χ4n) is 2.73. The number of nitrogens with one attached hydrogen (secondary N) is 2. The van der Waals surface area contributed by atoms with Gasteiger partial charge in [0.1, 0.15) is 12.3 Å². The molecular weight excluding hydrogens is 370 g/mol. The molecule has 7 nitrogen and oxygen atoms in total. The van der Waals surface area contributed by atoms with E-state index in [9.17, 15) is 14.4 Å². The van der Waals surface area contributed by atoms with Crippen LogP contribution in [0.2, 0.25) is 5.02 Å². The molecule has 2 aromatic carbocycles. The predicted octanol–water partition coefficient (Wildman–Crippen LogP) is 3.05. The average Bonchev–Trinajstić information content (AvgIpc) is 2.61. The lowest BCUT2D eigenvalue weighted by Gasteiger charge is -2.32. The Labute approximate surface area is 161 Å². The third-order valence-corrected chi connectivity index (χ3v) is 4.16. The normalized spacial score (nSPS) is 15.6. The average molecular weight is 388 g/mol. The van der Waals surface area contributed by atoms with E-state index in [1.807, 2.05) is 0 Å². The maximum absolute atomic E-state index is 12.5. The van der Waals surface area contributed by atoms with E-state index in [1.165, 1.54) is 11.8 Å². The van der Waals surface area contributed by atoms with Gasteiger partial charge in [-0.2, -0.15) is 0 Å². The first-order valence-corrected chi connectivity index (χ1v) is 8.66. The highest BCUT2D eigenvalue weighted by Gasteiger charge is 2.32. The molecule has 0 bridgehead atoms. The number of hydrogen-bond acceptors (Lipinski definition) is 4. The van der Waals surface area contributed by atoms with Gasteiger partial charge in [-0.1, -0.05) is 11.6 Å². The van der Waals surface area contributed by atoms with Crippen LogP contribution < -0.4 is 20.3 Å². The number of anilines is 3. The van der Waals surface area contributed by atoms with Crippen molar-refractivity contribution in [2.75, 3.05) is 22.1 Å². The lowest BCUT2D eigenvalue weighted by molar-refractivity contribution is -0.127. The van der Waals surface area contributed by atoms with E-state index in [0.717, 1.165) is 0 Å². The number of ether oxygens (including phenoxy) is 1. The summed E-state index contributed by atoms with van der Waals surface area (Å²) in [7, 11) is 0. The van der Waals surface area contributed by atoms with Crippen molar-refractivity contribution < 1.29 is 19.1 Å². The SMILES string of the molecule is CC(=O)Nc1ccc(NC(=O)CN2C(=O)C(C)Oc3ccc(Cl)cc32)cc1. The Hall–Kier alpha value is -3.06. The van der Waals surface area contributed by atoms with Crippen molar-refractivity contribution >= 4 is 46.4 Å². The quantitative estimate of drug-likeness (QED) is 0.844. The third kappa shape index (κ3) is 4.38. The van der Waals surface area contributed by atoms with Crippen molar-refractivity contribution in [1.82, 2.24) is 0 Å². The van der Waals surface area contributed by atoms with Gasteiger partial charge >= 0.3 is 0 Å². The highest BCUT2D eigenvalue weighted by atomic mass is 35.5. The number of carbonyl (C=O) groups is 3. The second-order valence-electron chi connectivity index (χ2n) is 6.10. The smallest absolute Gasteiger partial charge is 0.268 e. The molecule has 0 radical (unpaired) electrons. The predicted molar refractivity (Wildman–Crippen MR) is 103 cm³/mol. The summed E-state index contributed by atoms with van der Waals surface area (Å²) in [5, 5.41) is 5.82. The fraction of sp³-hybridized carbons (Fsp3) is 0.211. The second kappa shape index (κ2) is 7.67. The Morgan fingerprint density at radius 2 is 1.74 bits per heavy atom. The first-order chi connectivity index (χ1) is 12.8. The molecule has 1 aliphatic rings. The van der Waals surface area contributed by atoms with Crippen LogP contribution in [0.1, 0.15) is 13.8 Å². The van der Waals surface area contributed by atoms with Crippen LogP contribution in [-0.2, 0) is 14.4 Å². The monoisotopic (exact) mass is 387 g/mol. The molecule has 27 heavy (non-hydrogen) atoms. The van der Waals surface area contributed by atoms with Gasteiger partial charge in [-0.15, -0.1) is 0 Å². The molecule has 0 aliphatic carbocycles. The summed E-state index contributed by atoms with van der Waals surface area (Å²) in [6.45, 7) is 2.87. The summed E-state index contributed by atoms with van der Waals surface area (Å²) in [4.78, 5) is 37.3. The van der Waals surface area contributed by atoms with Crippen molar-refractivity contribution in [3.05, 3.63) is 47.5 Å². The Morgan fingerprint density at radius 3 is 2.37 bits per heavy atom. The second-order valence-corrected chi connectivity index (χ2v) is 6.54. The van der Waals surface area contributed by atoms with Gasteiger partial charge in [0.05, 0.1) is 5.69 Å². The van der Waals surface area contributed by atoms with Gasteiger partial charge in [-0.3, -0.25) is 19.3 Å². The van der Waals surface area contributed by atoms with E-state index in [1.54, 1.807) is 49.4 Å². The molecule has 0 saturated heterocycles. The molecule has 0 aromatic heterocycles. The zero-order valence-electron chi connectivity index (χ0n) is 14.8. The zero-order chi connectivity index (χ0) is 19.6. The third-order valence-electron chi connectivity index (χ3n) is 3.92. The number of amides is 3. The topological polar surface area (TPSA) is 87.7 Å². The molecule has 1 atom stereocenters. The molecule has 1 unspecified atom stereocenters. The van der Waals surface area contributed by atoms with Crippen LogP contribution in [-0.4, -0.2) is 30.4 Å². The number of fused-ring (bicyclic) bond motifs is 1. The molecule has 8 heteroatoms. The number of halogens is 1. The number of rotatable bonds is 4. The van der Waals surface area contributed by atoms with E-state index < -0.39 is 6.10 Å². The van der Waals surface area contributed by atoms with Crippen LogP contribution in [0.25, 0.3) is 0 Å². The number of nitrogens with zero attached hydrogens (tertiary/aromatic N) is 1. The van der Waals surface area contributed by atoms with E-state index in [-0.39, 0.29) is 24.3 Å². The zero-order valence-corrected chi connectivity index (χ0v) is 15.5. The molecule has 3 rings (SSSR count). The van der Waals surface area contributed by atoms with E-state index in [2.05, 4.69) is 10.6 Å². The number of carbonyl (C=O) groups excluding carboxylic acids is 3. The van der Waals surface area contributed by atoms with Crippen molar-refractivity contribution in [2.24, 2.45) is 0 Å². The van der Waals surface area contributed by atoms with Gasteiger partial charge in [-0.25, -0.2) is 0 Å². The van der Waals surface area contributed by atoms with Gasteiger partial charge in [-0.05, 0) is 49.4 Å². The summed E-state index contributed by atoms with van der Waals surface area (Å²) in [5.41, 5.74) is 1.64. The van der Waals surface area contributed by atoms with Gasteiger partial charge in [0.2, 0.25) is 11.8 Å². The van der Waals surface area contributed by atoms with Crippen molar-refractivity contribution in [1.29, 1.82) is 0 Å². The van der Waals surface area contributed by atoms with Crippen LogP contribution in [0, 0.1) is 0 Å². The Kier molecular flexibility index (Phi) is 5.32. The first-order valence-electron chi connectivity index (χ1n) is 8.28. The maximum atomic E-state index is 12.5. The van der Waals surface area contributed by atoms with Crippen LogP contribution in [0.3, 0.4) is 0 Å². The molecule has 2 aromatic rings. The van der Waals surface area contributed by atoms with E-state index in [4.69, 9.17) is 16.3 Å². The molecule has 1 heterocycles. The minimum atomic E-state index is -0.691. The summed E-state index contributed by atoms with van der Waals surface area (Å²) in [6, 6.07) is 11.6. The Bertz CT molecular complexity index is 898. The van der Waals surface area contributed by atoms with Gasteiger partial charge < -0.3 is 15.4 Å². The van der Waals surface area contributed by atoms with Crippen LogP contribution in [0.15, 0.2) is 42.5 Å². The molecule has 1 aliphatic heterocycles. The van der Waals surface area contributed by atoms with Gasteiger partial charge in [0.15, 0.2) is 6.10 Å². The minimum Gasteiger partial charge on any atom is -0.479 e. The number of benzene rings is 2. The fourth-order valence-corrected chi connectivity index (χ4v) is 2.89. The molecule has 0 fully saturated rings. The first kappa shape index (κ1) is 18.7. The lowest BCUT2D eigenvalue weighted by Crippen LogP contribution is -2.47. The number of hydrogen-bond donors (Lipinski definition) is 2. The van der Waals surface area contributed by atoms with Crippen molar-refractivity contribution in [3.63, 3.8) is 0 Å². The Balaban J connectivity index is 1.73. The summed E-state index contributed by atoms with van der Waals surface area (Å²) in [6.07, 6.45) is -0.691. The van der Waals surface area contributed by atoms with Crippen molar-refractivity contribution in [2.45, 2.75) is 20.0 Å². The largest absolute Gasteiger partial charge is 0.479 e. The highest BCUT2D eigenvalue weighted by Crippen LogP contribution is 2.36. The maximum Gasteiger partial charge on any atom is 0.268 e. The van der Waals surface area contributed by atoms with E-state index >= 15 is 0 Å². The minimum absolute atomic E-state index is 0.173. The Morgan fingerprint density at radius 1 is 1.11 bits per heavy atom. The van der Waals surface area contributed by atoms with Gasteiger partial charge in [0, 0.05) is 23.3 Å². The summed E-state index contributed by atoms with van der Waals surface area (Å²) < 4.78 is 5.56. The van der Waals surface area contributed by atoms with Crippen LogP contribution in [0.5, 0.6) is 5.75 Å². The van der Waals surface area contributed by atoms with Crippen molar-refractivity contribution in [3.8, 4) is 5.75 Å². The molecule has 3 amide bonds. The van der Waals surface area contributed by atoms with E-state index in [0.29, 0.717) is 27.8 Å². The molecule has 2 N–H and O–H groups in total. The molecule has 0 spiro atoms. The standard InChI is InChI=1S/C19H18ClN3O4/c1-11-19(26)23(16-9-13(20)3-8-17(16)27-11)10-18(25)22-15-6-4-14(5-7-15)21-12(2)24/h3-9,11H,10H2,1-2H3,(H,21,24)(H,22,25). The van der Waals surface area contributed by atoms with Gasteiger partial charge in [0.25, 0.3) is 5.91 Å². The highest BCUT2D eigenvalue weighted by molar-refractivity contribution is 6.31. The molecular formula is C19H18ClN3O4. The van der Waals surface area contributed by atoms with Crippen LogP contribution in [0.4, 0.5) is 17.1 Å². The molecule has 0 saturated carbocycles. The summed E-state index contributed by atoms with van der Waals surface area (Å²) >= 11 is 6.02.